The number of hydrogen-bond donors (Lipinski definition) is 1. The largest absolute Gasteiger partial charge is 0.487 e. The van der Waals surface area contributed by atoms with E-state index in [2.05, 4.69) is 13.0 Å². The summed E-state index contributed by atoms with van der Waals surface area (Å²) in [4.78, 5) is 11.0. The second-order valence-corrected chi connectivity index (χ2v) is 7.56. The van der Waals surface area contributed by atoms with E-state index in [0.29, 0.717) is 6.42 Å². The second-order valence-electron chi connectivity index (χ2n) is 7.56. The first-order valence-electron chi connectivity index (χ1n) is 9.32. The molecule has 1 atom stereocenters. The molecule has 4 heteroatoms. The molecule has 0 amide bonds. The zero-order valence-electron chi connectivity index (χ0n) is 15.6. The summed E-state index contributed by atoms with van der Waals surface area (Å²) in [5.41, 5.74) is 3.86. The molecular formula is C24H21FO3. The number of carboxylic acids is 1. The van der Waals surface area contributed by atoms with Crippen LogP contribution in [0, 0.1) is 5.82 Å². The van der Waals surface area contributed by atoms with Crippen molar-refractivity contribution in [3.05, 3.63) is 89.2 Å². The molecule has 0 saturated heterocycles. The number of aromatic carboxylic acids is 1. The number of benzene rings is 3. The van der Waals surface area contributed by atoms with E-state index in [0.717, 1.165) is 40.8 Å². The molecule has 28 heavy (non-hydrogen) atoms. The number of rotatable bonds is 4. The van der Waals surface area contributed by atoms with Crippen LogP contribution >= 0.6 is 0 Å². The van der Waals surface area contributed by atoms with Crippen LogP contribution < -0.4 is 4.74 Å². The summed E-state index contributed by atoms with van der Waals surface area (Å²) in [5.74, 6) is -0.331. The first-order chi connectivity index (χ1) is 13.4. The van der Waals surface area contributed by atoms with E-state index in [1.54, 1.807) is 36.4 Å². The maximum atomic E-state index is 13.5. The third-order valence-corrected chi connectivity index (χ3v) is 5.28. The van der Waals surface area contributed by atoms with Crippen molar-refractivity contribution in [3.8, 4) is 16.9 Å². The molecule has 0 radical (unpaired) electrons. The lowest BCUT2D eigenvalue weighted by molar-refractivity contribution is 0.0653. The fraction of sp³-hybridized carbons (Fsp3) is 0.208. The topological polar surface area (TPSA) is 46.5 Å². The van der Waals surface area contributed by atoms with Gasteiger partial charge in [0.15, 0.2) is 0 Å². The van der Waals surface area contributed by atoms with Gasteiger partial charge in [-0.25, -0.2) is 9.18 Å². The van der Waals surface area contributed by atoms with Crippen molar-refractivity contribution >= 4 is 5.97 Å². The lowest BCUT2D eigenvalue weighted by atomic mass is 9.86. The van der Waals surface area contributed by atoms with Crippen LogP contribution in [0.4, 0.5) is 4.39 Å². The van der Waals surface area contributed by atoms with Gasteiger partial charge in [0, 0.05) is 6.42 Å². The van der Waals surface area contributed by atoms with Crippen LogP contribution in [0.25, 0.3) is 11.1 Å². The standard InChI is InChI=1S/C24H21FO3/c1-24(15-16-3-2-4-21(25)13-16)12-11-18-7-10-20(14-22(18)28-24)17-5-8-19(9-6-17)23(26)27/h2-10,13-14H,11-12,15H2,1H3,(H,26,27)/t24-/m0/s1. The summed E-state index contributed by atoms with van der Waals surface area (Å²) in [6.07, 6.45) is 2.41. The van der Waals surface area contributed by atoms with Crippen LogP contribution in [0.15, 0.2) is 66.7 Å². The summed E-state index contributed by atoms with van der Waals surface area (Å²) in [5, 5.41) is 9.06. The molecule has 1 aliphatic heterocycles. The van der Waals surface area contributed by atoms with Gasteiger partial charge in [0.05, 0.1) is 5.56 Å². The molecule has 3 nitrogen and oxygen atoms in total. The molecule has 0 aliphatic carbocycles. The highest BCUT2D eigenvalue weighted by atomic mass is 19.1. The van der Waals surface area contributed by atoms with Gasteiger partial charge in [-0.2, -0.15) is 0 Å². The molecule has 4 rings (SSSR count). The Bertz CT molecular complexity index is 1030. The number of halogens is 1. The predicted molar refractivity (Wildman–Crippen MR) is 106 cm³/mol. The molecule has 0 saturated carbocycles. The average molecular weight is 376 g/mol. The summed E-state index contributed by atoms with van der Waals surface area (Å²) < 4.78 is 19.9. The Hall–Kier alpha value is -3.14. The van der Waals surface area contributed by atoms with Crippen molar-refractivity contribution < 1.29 is 19.0 Å². The van der Waals surface area contributed by atoms with Crippen LogP contribution in [0.5, 0.6) is 5.75 Å². The number of carbonyl (C=O) groups is 1. The maximum Gasteiger partial charge on any atom is 0.335 e. The van der Waals surface area contributed by atoms with Crippen LogP contribution in [-0.4, -0.2) is 16.7 Å². The van der Waals surface area contributed by atoms with Gasteiger partial charge in [-0.05, 0) is 72.4 Å². The van der Waals surface area contributed by atoms with Gasteiger partial charge in [0.2, 0.25) is 0 Å². The summed E-state index contributed by atoms with van der Waals surface area (Å²) in [6.45, 7) is 2.06. The van der Waals surface area contributed by atoms with Crippen molar-refractivity contribution in [2.24, 2.45) is 0 Å². The van der Waals surface area contributed by atoms with E-state index in [1.165, 1.54) is 6.07 Å². The number of aryl methyl sites for hydroxylation is 1. The zero-order valence-corrected chi connectivity index (χ0v) is 15.6. The Balaban J connectivity index is 1.59. The molecule has 3 aromatic rings. The lowest BCUT2D eigenvalue weighted by Crippen LogP contribution is -2.38. The first-order valence-corrected chi connectivity index (χ1v) is 9.32. The van der Waals surface area contributed by atoms with Gasteiger partial charge < -0.3 is 9.84 Å². The third kappa shape index (κ3) is 3.77. The fourth-order valence-electron chi connectivity index (χ4n) is 3.76. The highest BCUT2D eigenvalue weighted by molar-refractivity contribution is 5.88. The highest BCUT2D eigenvalue weighted by Gasteiger charge is 2.32. The van der Waals surface area contributed by atoms with Gasteiger partial charge in [-0.15, -0.1) is 0 Å². The van der Waals surface area contributed by atoms with E-state index >= 15 is 0 Å². The van der Waals surface area contributed by atoms with Crippen molar-refractivity contribution in [2.45, 2.75) is 31.8 Å². The van der Waals surface area contributed by atoms with Gasteiger partial charge in [0.1, 0.15) is 17.2 Å². The molecule has 0 aromatic heterocycles. The smallest absolute Gasteiger partial charge is 0.335 e. The van der Waals surface area contributed by atoms with E-state index in [-0.39, 0.29) is 11.4 Å². The van der Waals surface area contributed by atoms with Gasteiger partial charge in [-0.1, -0.05) is 36.4 Å². The maximum absolute atomic E-state index is 13.5. The Morgan fingerprint density at radius 1 is 1.07 bits per heavy atom. The molecule has 0 spiro atoms. The average Bonchev–Trinajstić information content (AvgIpc) is 2.67. The van der Waals surface area contributed by atoms with Crippen LogP contribution in [0.2, 0.25) is 0 Å². The Morgan fingerprint density at radius 3 is 2.54 bits per heavy atom. The first kappa shape index (κ1) is 18.2. The van der Waals surface area contributed by atoms with Crippen molar-refractivity contribution in [2.75, 3.05) is 0 Å². The quantitative estimate of drug-likeness (QED) is 0.652. The molecule has 1 aliphatic rings. The minimum Gasteiger partial charge on any atom is -0.487 e. The molecule has 0 fully saturated rings. The van der Waals surface area contributed by atoms with Gasteiger partial charge in [-0.3, -0.25) is 0 Å². The second kappa shape index (κ2) is 7.12. The van der Waals surface area contributed by atoms with Crippen molar-refractivity contribution in [3.63, 3.8) is 0 Å². The number of ether oxygens (including phenoxy) is 1. The molecule has 1 N–H and O–H groups in total. The minimum atomic E-state index is -0.937. The van der Waals surface area contributed by atoms with Crippen molar-refractivity contribution in [1.82, 2.24) is 0 Å². The van der Waals surface area contributed by atoms with Gasteiger partial charge >= 0.3 is 5.97 Å². The summed E-state index contributed by atoms with van der Waals surface area (Å²) in [6, 6.07) is 19.6. The molecule has 3 aromatic carbocycles. The molecule has 0 unspecified atom stereocenters. The van der Waals surface area contributed by atoms with Crippen LogP contribution in [0.1, 0.15) is 34.8 Å². The molecular weight excluding hydrogens is 355 g/mol. The SMILES string of the molecule is C[C@@]1(Cc2cccc(F)c2)CCc2ccc(-c3ccc(C(=O)O)cc3)cc2O1. The van der Waals surface area contributed by atoms with E-state index in [9.17, 15) is 9.18 Å². The summed E-state index contributed by atoms with van der Waals surface area (Å²) in [7, 11) is 0. The predicted octanol–water partition coefficient (Wildman–Crippen LogP) is 5.52. The Morgan fingerprint density at radius 2 is 1.82 bits per heavy atom. The minimum absolute atomic E-state index is 0.232. The van der Waals surface area contributed by atoms with Gasteiger partial charge in [0.25, 0.3) is 0 Å². The number of carboxylic acid groups (broad SMARTS) is 1. The number of hydrogen-bond acceptors (Lipinski definition) is 2. The summed E-state index contributed by atoms with van der Waals surface area (Å²) >= 11 is 0. The van der Waals surface area contributed by atoms with E-state index in [4.69, 9.17) is 9.84 Å². The molecule has 1 heterocycles. The van der Waals surface area contributed by atoms with Crippen LogP contribution in [0.3, 0.4) is 0 Å². The third-order valence-electron chi connectivity index (χ3n) is 5.28. The zero-order chi connectivity index (χ0) is 19.7. The lowest BCUT2D eigenvalue weighted by Gasteiger charge is -2.36. The Labute approximate surface area is 163 Å². The molecule has 142 valence electrons. The molecule has 0 bridgehead atoms. The van der Waals surface area contributed by atoms with Crippen LogP contribution in [-0.2, 0) is 12.8 Å². The fourth-order valence-corrected chi connectivity index (χ4v) is 3.76. The normalized spacial score (nSPS) is 18.2. The Kier molecular flexibility index (Phi) is 4.63. The highest BCUT2D eigenvalue weighted by Crippen LogP contribution is 2.37. The number of fused-ring (bicyclic) bond motifs is 1. The van der Waals surface area contributed by atoms with E-state index in [1.807, 2.05) is 18.2 Å². The van der Waals surface area contributed by atoms with Crippen molar-refractivity contribution in [1.29, 1.82) is 0 Å². The van der Waals surface area contributed by atoms with E-state index < -0.39 is 11.6 Å². The monoisotopic (exact) mass is 376 g/mol.